The van der Waals surface area contributed by atoms with Crippen molar-refractivity contribution in [3.8, 4) is 11.3 Å². The molecule has 90 valence electrons. The molecule has 4 rings (SSSR count). The Morgan fingerprint density at radius 1 is 0.889 bits per heavy atom. The molecular weight excluding hydrogens is 218 g/mol. The minimum absolute atomic E-state index is 1.01. The molecule has 0 aliphatic carbocycles. The topological polar surface area (TPSA) is 4.93 Å². The summed E-state index contributed by atoms with van der Waals surface area (Å²) in [5.41, 5.74) is 5.52. The van der Waals surface area contributed by atoms with Crippen molar-refractivity contribution < 1.29 is 0 Å². The first-order valence-electron chi connectivity index (χ1n) is 6.60. The zero-order chi connectivity index (χ0) is 12.5. The van der Waals surface area contributed by atoms with Crippen molar-refractivity contribution in [1.29, 1.82) is 0 Å². The summed E-state index contributed by atoms with van der Waals surface area (Å²) in [4.78, 5) is 0. The minimum Gasteiger partial charge on any atom is -0.336 e. The van der Waals surface area contributed by atoms with Crippen molar-refractivity contribution in [1.82, 2.24) is 4.57 Å². The van der Waals surface area contributed by atoms with Crippen molar-refractivity contribution in [3.63, 3.8) is 0 Å². The van der Waals surface area contributed by atoms with E-state index in [1.165, 1.54) is 27.7 Å². The molecule has 0 fully saturated rings. The van der Waals surface area contributed by atoms with Gasteiger partial charge in [-0.15, -0.1) is 0 Å². The number of hydrogen-bond acceptors (Lipinski definition) is 0. The zero-order valence-corrected chi connectivity index (χ0v) is 10.9. The molecule has 2 aromatic carbocycles. The van der Waals surface area contributed by atoms with E-state index in [4.69, 9.17) is 0 Å². The van der Waals surface area contributed by atoms with Gasteiger partial charge in [-0.05, 0) is 17.7 Å². The molecule has 0 saturated carbocycles. The quantitative estimate of drug-likeness (QED) is 0.416. The summed E-state index contributed by atoms with van der Waals surface area (Å²) < 4.78 is 2.40. The first kappa shape index (κ1) is 11.1. The number of para-hydroxylation sites is 1. The van der Waals surface area contributed by atoms with E-state index >= 15 is 0 Å². The van der Waals surface area contributed by atoms with Gasteiger partial charge < -0.3 is 4.57 Å². The second kappa shape index (κ2) is 4.34. The van der Waals surface area contributed by atoms with Crippen molar-refractivity contribution in [2.24, 2.45) is 0 Å². The minimum atomic E-state index is 1.01. The Morgan fingerprint density at radius 3 is 2.50 bits per heavy atom. The maximum atomic E-state index is 2.40. The average Bonchev–Trinajstić information content (AvgIpc) is 2.97. The Kier molecular flexibility index (Phi) is 2.67. The van der Waals surface area contributed by atoms with Gasteiger partial charge in [0.1, 0.15) is 0 Å². The van der Waals surface area contributed by atoms with Gasteiger partial charge in [0.15, 0.2) is 0 Å². The molecule has 0 atom stereocenters. The third-order valence-corrected chi connectivity index (χ3v) is 3.43. The first-order valence-corrected chi connectivity index (χ1v) is 6.60. The van der Waals surface area contributed by atoms with Crippen LogP contribution < -0.4 is 0 Å². The number of rotatable bonds is 0. The van der Waals surface area contributed by atoms with Crippen LogP contribution in [0.1, 0.15) is 19.4 Å². The Labute approximate surface area is 108 Å². The maximum Gasteiger partial charge on any atom is 0.0497 e. The fourth-order valence-electron chi connectivity index (χ4n) is 2.68. The van der Waals surface area contributed by atoms with Crippen LogP contribution in [0.25, 0.3) is 22.2 Å². The molecule has 1 aliphatic rings. The molecule has 1 heteroatoms. The fourth-order valence-corrected chi connectivity index (χ4v) is 2.68. The molecule has 0 bridgehead atoms. The number of benzene rings is 2. The molecule has 18 heavy (non-hydrogen) atoms. The van der Waals surface area contributed by atoms with Gasteiger partial charge in [-0.25, -0.2) is 0 Å². The van der Waals surface area contributed by atoms with Crippen LogP contribution in [0.5, 0.6) is 0 Å². The van der Waals surface area contributed by atoms with Crippen molar-refractivity contribution >= 4 is 10.9 Å². The Balaban J connectivity index is 0.000000478. The summed E-state index contributed by atoms with van der Waals surface area (Å²) in [6.07, 6.45) is 0. The molecule has 0 saturated heterocycles. The molecule has 0 unspecified atom stereocenters. The Bertz CT molecular complexity index is 692. The highest BCUT2D eigenvalue weighted by Crippen LogP contribution is 2.36. The monoisotopic (exact) mass is 235 g/mol. The van der Waals surface area contributed by atoms with Crippen LogP contribution in [-0.4, -0.2) is 4.57 Å². The zero-order valence-electron chi connectivity index (χ0n) is 10.9. The summed E-state index contributed by atoms with van der Waals surface area (Å²) in [6, 6.07) is 19.6. The van der Waals surface area contributed by atoms with Gasteiger partial charge in [0.25, 0.3) is 0 Å². The van der Waals surface area contributed by atoms with E-state index in [2.05, 4.69) is 59.2 Å². The smallest absolute Gasteiger partial charge is 0.0497 e. The lowest BCUT2D eigenvalue weighted by Gasteiger charge is -1.99. The van der Waals surface area contributed by atoms with Crippen LogP contribution in [0.3, 0.4) is 0 Å². The molecule has 3 aromatic rings. The summed E-state index contributed by atoms with van der Waals surface area (Å²) in [5.74, 6) is 0. The molecular formula is C17H17N. The number of fused-ring (bicyclic) bond motifs is 5. The van der Waals surface area contributed by atoms with Crippen LogP contribution in [0, 0.1) is 0 Å². The van der Waals surface area contributed by atoms with Gasteiger partial charge in [0.05, 0.1) is 0 Å². The maximum absolute atomic E-state index is 2.40. The SMILES string of the molecule is CC.c1ccc2c(c1)Cn1c-2cc2ccccc21. The third-order valence-electron chi connectivity index (χ3n) is 3.43. The van der Waals surface area contributed by atoms with E-state index in [1.54, 1.807) is 0 Å². The summed E-state index contributed by atoms with van der Waals surface area (Å²) in [6.45, 7) is 5.01. The largest absolute Gasteiger partial charge is 0.336 e. The predicted octanol–water partition coefficient (Wildman–Crippen LogP) is 4.70. The molecule has 0 radical (unpaired) electrons. The predicted molar refractivity (Wildman–Crippen MR) is 77.8 cm³/mol. The summed E-state index contributed by atoms with van der Waals surface area (Å²) >= 11 is 0. The fraction of sp³-hybridized carbons (Fsp3) is 0.176. The van der Waals surface area contributed by atoms with Crippen LogP contribution in [0.2, 0.25) is 0 Å². The standard InChI is InChI=1S/C15H11N.C2H6/c1-3-7-13-12(6-1)10-16-14-8-4-2-5-11(14)9-15(13)16;1-2/h1-9H,10H2;1-2H3. The van der Waals surface area contributed by atoms with E-state index < -0.39 is 0 Å². The molecule has 0 N–H and O–H groups in total. The van der Waals surface area contributed by atoms with E-state index in [0.717, 1.165) is 6.54 Å². The summed E-state index contributed by atoms with van der Waals surface area (Å²) in [5, 5.41) is 1.34. The number of aromatic nitrogens is 1. The lowest BCUT2D eigenvalue weighted by Crippen LogP contribution is -1.91. The van der Waals surface area contributed by atoms with Crippen molar-refractivity contribution in [2.75, 3.05) is 0 Å². The molecule has 1 aromatic heterocycles. The lowest BCUT2D eigenvalue weighted by atomic mass is 10.1. The number of nitrogens with zero attached hydrogens (tertiary/aromatic N) is 1. The van der Waals surface area contributed by atoms with Gasteiger partial charge in [-0.2, -0.15) is 0 Å². The normalized spacial score (nSPS) is 11.7. The van der Waals surface area contributed by atoms with Gasteiger partial charge in [0, 0.05) is 28.7 Å². The van der Waals surface area contributed by atoms with Gasteiger partial charge in [-0.1, -0.05) is 56.3 Å². The van der Waals surface area contributed by atoms with Crippen LogP contribution in [0.15, 0.2) is 54.6 Å². The van der Waals surface area contributed by atoms with E-state index in [1.807, 2.05) is 13.8 Å². The van der Waals surface area contributed by atoms with Gasteiger partial charge >= 0.3 is 0 Å². The average molecular weight is 235 g/mol. The summed E-state index contributed by atoms with van der Waals surface area (Å²) in [7, 11) is 0. The highest BCUT2D eigenvalue weighted by atomic mass is 15.0. The second-order valence-electron chi connectivity index (χ2n) is 4.33. The van der Waals surface area contributed by atoms with Crippen LogP contribution in [-0.2, 0) is 6.54 Å². The third kappa shape index (κ3) is 1.47. The van der Waals surface area contributed by atoms with Crippen molar-refractivity contribution in [3.05, 3.63) is 60.2 Å². The Hall–Kier alpha value is -2.02. The molecule has 0 spiro atoms. The highest BCUT2D eigenvalue weighted by Gasteiger charge is 2.19. The van der Waals surface area contributed by atoms with Crippen molar-refractivity contribution in [2.45, 2.75) is 20.4 Å². The van der Waals surface area contributed by atoms with Gasteiger partial charge in [0.2, 0.25) is 0 Å². The van der Waals surface area contributed by atoms with E-state index in [0.29, 0.717) is 0 Å². The second-order valence-corrected chi connectivity index (χ2v) is 4.33. The van der Waals surface area contributed by atoms with Gasteiger partial charge in [-0.3, -0.25) is 0 Å². The molecule has 1 nitrogen and oxygen atoms in total. The highest BCUT2D eigenvalue weighted by molar-refractivity contribution is 5.89. The number of hydrogen-bond donors (Lipinski definition) is 0. The van der Waals surface area contributed by atoms with Crippen LogP contribution in [0.4, 0.5) is 0 Å². The molecule has 1 aliphatic heterocycles. The van der Waals surface area contributed by atoms with Crippen LogP contribution >= 0.6 is 0 Å². The lowest BCUT2D eigenvalue weighted by molar-refractivity contribution is 0.887. The van der Waals surface area contributed by atoms with E-state index in [9.17, 15) is 0 Å². The van der Waals surface area contributed by atoms with E-state index in [-0.39, 0.29) is 0 Å². The Morgan fingerprint density at radius 2 is 1.61 bits per heavy atom. The molecule has 2 heterocycles. The molecule has 0 amide bonds. The first-order chi connectivity index (χ1) is 8.93.